The van der Waals surface area contributed by atoms with Crippen LogP contribution in [0.15, 0.2) is 59.2 Å². The van der Waals surface area contributed by atoms with Gasteiger partial charge in [-0.2, -0.15) is 0 Å². The maximum Gasteiger partial charge on any atom is 0.252 e. The van der Waals surface area contributed by atoms with Crippen molar-refractivity contribution in [2.24, 2.45) is 4.99 Å². The van der Waals surface area contributed by atoms with Gasteiger partial charge in [0.2, 0.25) is 0 Å². The minimum absolute atomic E-state index is 0.174. The van der Waals surface area contributed by atoms with Crippen LogP contribution in [0.25, 0.3) is 11.1 Å². The monoisotopic (exact) mass is 508 g/mol. The van der Waals surface area contributed by atoms with Crippen molar-refractivity contribution in [3.8, 4) is 11.1 Å². The predicted molar refractivity (Wildman–Crippen MR) is 132 cm³/mol. The summed E-state index contributed by atoms with van der Waals surface area (Å²) in [6, 6.07) is 9.80. The Morgan fingerprint density at radius 2 is 1.69 bits per heavy atom. The predicted octanol–water partition coefficient (Wildman–Crippen LogP) is 6.12. The zero-order valence-electron chi connectivity index (χ0n) is 19.2. The second-order valence-corrected chi connectivity index (χ2v) is 9.33. The summed E-state index contributed by atoms with van der Waals surface area (Å²) in [5.41, 5.74) is 4.89. The molecule has 0 saturated heterocycles. The van der Waals surface area contributed by atoms with Crippen LogP contribution >= 0.6 is 11.6 Å². The molecule has 0 radical (unpaired) electrons. The molecular formula is C28H20ClF3N2O2. The lowest BCUT2D eigenvalue weighted by atomic mass is 9.90. The highest BCUT2D eigenvalue weighted by atomic mass is 35.5. The largest absolute Gasteiger partial charge is 0.348 e. The summed E-state index contributed by atoms with van der Waals surface area (Å²) >= 11 is 5.81. The first-order valence-electron chi connectivity index (χ1n) is 11.3. The van der Waals surface area contributed by atoms with Crippen LogP contribution in [-0.4, -0.2) is 17.4 Å². The zero-order valence-corrected chi connectivity index (χ0v) is 20.0. The quantitative estimate of drug-likeness (QED) is 0.408. The van der Waals surface area contributed by atoms with Crippen molar-refractivity contribution in [1.82, 2.24) is 5.32 Å². The third-order valence-corrected chi connectivity index (χ3v) is 6.81. The first-order valence-corrected chi connectivity index (χ1v) is 11.7. The lowest BCUT2D eigenvalue weighted by Crippen LogP contribution is -2.15. The van der Waals surface area contributed by atoms with Gasteiger partial charge in [0, 0.05) is 48.7 Å². The molecular weight excluding hydrogens is 489 g/mol. The van der Waals surface area contributed by atoms with E-state index in [2.05, 4.69) is 10.3 Å². The van der Waals surface area contributed by atoms with E-state index in [9.17, 15) is 18.4 Å². The number of halogens is 4. The topological polar surface area (TPSA) is 58.5 Å². The molecule has 2 heterocycles. The van der Waals surface area contributed by atoms with Crippen molar-refractivity contribution < 1.29 is 22.8 Å². The van der Waals surface area contributed by atoms with Crippen molar-refractivity contribution in [2.75, 3.05) is 0 Å². The number of hydrogen-bond acceptors (Lipinski definition) is 3. The van der Waals surface area contributed by atoms with E-state index < -0.39 is 34.7 Å². The van der Waals surface area contributed by atoms with Gasteiger partial charge in [-0.1, -0.05) is 35.9 Å². The molecule has 1 amide bonds. The SMILES string of the molecule is CC1=CN=C(c2ccc(-c3ccc(CC(=O)Cc4c(F)ccc(F)c4Cl)cc3F)c3c2C(=O)NC3)C1. The van der Waals surface area contributed by atoms with Crippen molar-refractivity contribution in [3.05, 3.63) is 105 Å². The maximum absolute atomic E-state index is 15.2. The Labute approximate surface area is 210 Å². The van der Waals surface area contributed by atoms with Crippen molar-refractivity contribution in [1.29, 1.82) is 0 Å². The van der Waals surface area contributed by atoms with Crippen molar-refractivity contribution >= 4 is 29.0 Å². The number of carbonyl (C=O) groups excluding carboxylic acids is 2. The van der Waals surface area contributed by atoms with Crippen LogP contribution in [0.5, 0.6) is 0 Å². The Hall–Kier alpha value is -3.71. The van der Waals surface area contributed by atoms with Crippen molar-refractivity contribution in [3.63, 3.8) is 0 Å². The zero-order chi connectivity index (χ0) is 25.6. The van der Waals surface area contributed by atoms with E-state index in [-0.39, 0.29) is 24.4 Å². The molecule has 1 N–H and O–H groups in total. The molecule has 0 spiro atoms. The van der Waals surface area contributed by atoms with Crippen LogP contribution < -0.4 is 5.32 Å². The Kier molecular flexibility index (Phi) is 6.26. The van der Waals surface area contributed by atoms with E-state index in [0.29, 0.717) is 34.2 Å². The number of ketones is 1. The number of fused-ring (bicyclic) bond motifs is 1. The molecule has 3 aromatic rings. The molecule has 0 atom stereocenters. The number of aliphatic imine (C=N–C) groups is 1. The summed E-state index contributed by atoms with van der Waals surface area (Å²) in [6.45, 7) is 2.24. The molecule has 0 saturated carbocycles. The van der Waals surface area contributed by atoms with Gasteiger partial charge in [0.15, 0.2) is 0 Å². The van der Waals surface area contributed by atoms with Crippen LogP contribution in [0.2, 0.25) is 5.02 Å². The average molecular weight is 509 g/mol. The number of nitrogens with one attached hydrogen (secondary N) is 1. The molecule has 4 nitrogen and oxygen atoms in total. The van der Waals surface area contributed by atoms with Gasteiger partial charge in [-0.25, -0.2) is 13.2 Å². The molecule has 0 unspecified atom stereocenters. The number of rotatable bonds is 6. The molecule has 5 rings (SSSR count). The van der Waals surface area contributed by atoms with E-state index in [0.717, 1.165) is 29.0 Å². The second kappa shape index (κ2) is 9.39. The molecule has 3 aromatic carbocycles. The van der Waals surface area contributed by atoms with Crippen LogP contribution in [0.1, 0.15) is 46.0 Å². The van der Waals surface area contributed by atoms with E-state index in [1.165, 1.54) is 6.07 Å². The Morgan fingerprint density at radius 1 is 0.972 bits per heavy atom. The summed E-state index contributed by atoms with van der Waals surface area (Å²) in [5.74, 6) is -2.80. The van der Waals surface area contributed by atoms with Gasteiger partial charge in [0.1, 0.15) is 23.2 Å². The summed E-state index contributed by atoms with van der Waals surface area (Å²) < 4.78 is 42.9. The summed E-state index contributed by atoms with van der Waals surface area (Å²) in [5, 5.41) is 2.39. The summed E-state index contributed by atoms with van der Waals surface area (Å²) in [7, 11) is 0. The van der Waals surface area contributed by atoms with Gasteiger partial charge in [0.25, 0.3) is 5.91 Å². The number of carbonyl (C=O) groups is 2. The molecule has 0 fully saturated rings. The second-order valence-electron chi connectivity index (χ2n) is 8.95. The molecule has 0 bridgehead atoms. The smallest absolute Gasteiger partial charge is 0.252 e. The highest BCUT2D eigenvalue weighted by molar-refractivity contribution is 6.31. The number of benzene rings is 3. The molecule has 0 aromatic heterocycles. The molecule has 36 heavy (non-hydrogen) atoms. The third kappa shape index (κ3) is 4.35. The van der Waals surface area contributed by atoms with E-state index in [4.69, 9.17) is 11.6 Å². The molecule has 182 valence electrons. The molecule has 2 aliphatic heterocycles. The first-order chi connectivity index (χ1) is 17.2. The summed E-state index contributed by atoms with van der Waals surface area (Å²) in [6.07, 6.45) is 1.85. The Morgan fingerprint density at radius 3 is 2.42 bits per heavy atom. The van der Waals surface area contributed by atoms with E-state index in [1.54, 1.807) is 30.5 Å². The first kappa shape index (κ1) is 24.0. The molecule has 2 aliphatic rings. The van der Waals surface area contributed by atoms with E-state index in [1.807, 2.05) is 6.92 Å². The van der Waals surface area contributed by atoms with Crippen molar-refractivity contribution in [2.45, 2.75) is 32.7 Å². The van der Waals surface area contributed by atoms with Crippen LogP contribution in [0, 0.1) is 17.5 Å². The van der Waals surface area contributed by atoms with Gasteiger partial charge < -0.3 is 5.32 Å². The van der Waals surface area contributed by atoms with Gasteiger partial charge in [-0.15, -0.1) is 0 Å². The van der Waals surface area contributed by atoms with Gasteiger partial charge in [-0.3, -0.25) is 14.6 Å². The molecule has 8 heteroatoms. The minimum atomic E-state index is -0.811. The highest BCUT2D eigenvalue weighted by Crippen LogP contribution is 2.35. The lowest BCUT2D eigenvalue weighted by Gasteiger charge is -2.13. The van der Waals surface area contributed by atoms with Crippen LogP contribution in [0.4, 0.5) is 13.2 Å². The number of amides is 1. The van der Waals surface area contributed by atoms with E-state index >= 15 is 4.39 Å². The Bertz CT molecular complexity index is 1510. The average Bonchev–Trinajstić information content (AvgIpc) is 3.45. The fraction of sp³-hybridized carbons (Fsp3) is 0.179. The normalized spacial score (nSPS) is 14.4. The maximum atomic E-state index is 15.2. The summed E-state index contributed by atoms with van der Waals surface area (Å²) in [4.78, 5) is 29.5. The lowest BCUT2D eigenvalue weighted by molar-refractivity contribution is -0.117. The number of nitrogens with zero attached hydrogens (tertiary/aromatic N) is 1. The number of Topliss-reactive ketones (excluding diaryl/α,β-unsaturated/α-hetero) is 1. The van der Waals surface area contributed by atoms with Gasteiger partial charge in [-0.05, 0) is 47.4 Å². The third-order valence-electron chi connectivity index (χ3n) is 6.40. The van der Waals surface area contributed by atoms with Crippen LogP contribution in [0.3, 0.4) is 0 Å². The van der Waals surface area contributed by atoms with Gasteiger partial charge >= 0.3 is 0 Å². The van der Waals surface area contributed by atoms with Gasteiger partial charge in [0.05, 0.1) is 16.3 Å². The molecule has 0 aliphatic carbocycles. The number of hydrogen-bond donors (Lipinski definition) is 1. The minimum Gasteiger partial charge on any atom is -0.348 e. The fourth-order valence-electron chi connectivity index (χ4n) is 4.65. The Balaban J connectivity index is 1.41. The fourth-order valence-corrected chi connectivity index (χ4v) is 4.87. The standard InChI is InChI=1S/C28H20ClF3N2O2/c1-14-8-25(33-12-14)19-5-4-17(21-13-34-28(36)26(19)21)18-3-2-15(10-24(18)32)9-16(35)11-20-22(30)6-7-23(31)27(20)29/h2-7,10,12H,8-9,11,13H2,1H3,(H,34,36). The number of allylic oxidation sites excluding steroid dienone is 1. The van der Waals surface area contributed by atoms with Crippen LogP contribution in [-0.2, 0) is 24.2 Å². The highest BCUT2D eigenvalue weighted by Gasteiger charge is 2.29.